The summed E-state index contributed by atoms with van der Waals surface area (Å²) >= 11 is 4.97. The lowest BCUT2D eigenvalue weighted by Crippen LogP contribution is -2.40. The number of benzene rings is 1. The van der Waals surface area contributed by atoms with E-state index in [9.17, 15) is 4.79 Å². The molecule has 1 aromatic heterocycles. The number of nitrogens with two attached hydrogens (primary N) is 1. The van der Waals surface area contributed by atoms with E-state index >= 15 is 0 Å². The lowest BCUT2D eigenvalue weighted by atomic mass is 10.1. The van der Waals surface area contributed by atoms with Crippen molar-refractivity contribution in [2.24, 2.45) is 5.73 Å². The van der Waals surface area contributed by atoms with Gasteiger partial charge in [-0.3, -0.25) is 4.79 Å². The van der Waals surface area contributed by atoms with Crippen molar-refractivity contribution >= 4 is 39.4 Å². The monoisotopic (exact) mass is 436 g/mol. The highest BCUT2D eigenvalue weighted by atomic mass is 79.9. The molecule has 5 nitrogen and oxygen atoms in total. The van der Waals surface area contributed by atoms with Gasteiger partial charge in [0.25, 0.3) is 5.91 Å². The third kappa shape index (κ3) is 5.74. The Morgan fingerprint density at radius 2 is 2.12 bits per heavy atom. The maximum absolute atomic E-state index is 12.6. The minimum Gasteiger partial charge on any atom is -0.347 e. The minimum absolute atomic E-state index is 0.0248. The van der Waals surface area contributed by atoms with Crippen LogP contribution in [0, 0.1) is 5.41 Å². The van der Waals surface area contributed by atoms with Crippen LogP contribution >= 0.6 is 27.3 Å². The molecule has 0 aliphatic heterocycles. The molecule has 0 aliphatic carbocycles. The maximum Gasteiger partial charge on any atom is 0.261 e. The van der Waals surface area contributed by atoms with Crippen molar-refractivity contribution in [1.82, 2.24) is 10.6 Å². The second-order valence-electron chi connectivity index (χ2n) is 6.03. The van der Waals surface area contributed by atoms with E-state index in [0.717, 1.165) is 22.2 Å². The summed E-state index contributed by atoms with van der Waals surface area (Å²) in [6.45, 7) is 0.408. The number of hydrogen-bond donors (Lipinski definition) is 4. The van der Waals surface area contributed by atoms with Crippen molar-refractivity contribution in [2.75, 3.05) is 13.6 Å². The van der Waals surface area contributed by atoms with Gasteiger partial charge in [-0.15, -0.1) is 11.3 Å². The Balaban J connectivity index is 2.00. The quantitative estimate of drug-likeness (QED) is 0.429. The van der Waals surface area contributed by atoms with Gasteiger partial charge < -0.3 is 21.8 Å². The minimum atomic E-state index is -0.102. The maximum atomic E-state index is 12.6. The van der Waals surface area contributed by atoms with E-state index in [4.69, 9.17) is 11.1 Å². The Morgan fingerprint density at radius 3 is 2.73 bits per heavy atom. The fourth-order valence-corrected chi connectivity index (χ4v) is 4.67. The normalized spacial score (nSPS) is 13.2. The Labute approximate surface area is 167 Å². The van der Waals surface area contributed by atoms with Crippen LogP contribution < -0.4 is 16.4 Å². The molecule has 1 aromatic carbocycles. The van der Waals surface area contributed by atoms with Crippen molar-refractivity contribution in [2.45, 2.75) is 31.3 Å². The second kappa shape index (κ2) is 10.6. The Hall–Kier alpha value is -1.54. The molecule has 2 aromatic rings. The summed E-state index contributed by atoms with van der Waals surface area (Å²) in [5.74, 6) is -0.102. The molecule has 5 N–H and O–H groups in total. The molecule has 26 heavy (non-hydrogen) atoms. The topological polar surface area (TPSA) is 91.0 Å². The number of halogens is 1. The predicted molar refractivity (Wildman–Crippen MR) is 112 cm³/mol. The highest BCUT2D eigenvalue weighted by Crippen LogP contribution is 2.33. The third-order valence-corrected chi connectivity index (χ3v) is 6.37. The van der Waals surface area contributed by atoms with Gasteiger partial charge in [-0.1, -0.05) is 30.3 Å². The van der Waals surface area contributed by atoms with Crippen LogP contribution in [0.4, 0.5) is 0 Å². The summed E-state index contributed by atoms with van der Waals surface area (Å²) in [6, 6.07) is 12.0. The number of carbonyl (C=O) groups excluding carboxylic acids is 1. The van der Waals surface area contributed by atoms with Gasteiger partial charge in [-0.2, -0.15) is 0 Å². The van der Waals surface area contributed by atoms with E-state index in [1.807, 2.05) is 31.3 Å². The number of rotatable bonds is 10. The first-order valence-electron chi connectivity index (χ1n) is 8.59. The van der Waals surface area contributed by atoms with Gasteiger partial charge in [0.2, 0.25) is 0 Å². The largest absolute Gasteiger partial charge is 0.347 e. The summed E-state index contributed by atoms with van der Waals surface area (Å²) in [4.78, 5) is 14.3. The molecular weight excluding hydrogens is 412 g/mol. The zero-order valence-electron chi connectivity index (χ0n) is 14.8. The van der Waals surface area contributed by atoms with Gasteiger partial charge in [0, 0.05) is 34.4 Å². The van der Waals surface area contributed by atoms with Crippen LogP contribution in [0.25, 0.3) is 0 Å². The van der Waals surface area contributed by atoms with Crippen molar-refractivity contribution in [3.8, 4) is 0 Å². The molecule has 0 radical (unpaired) electrons. The van der Waals surface area contributed by atoms with Crippen LogP contribution in [0.2, 0.25) is 0 Å². The molecule has 0 saturated carbocycles. The number of aryl methyl sites for hydroxylation is 1. The fraction of sp³-hybridized carbons (Fsp3) is 0.368. The molecule has 0 saturated heterocycles. The van der Waals surface area contributed by atoms with E-state index < -0.39 is 0 Å². The molecule has 0 fully saturated rings. The van der Waals surface area contributed by atoms with Crippen LogP contribution in [0.1, 0.15) is 39.0 Å². The summed E-state index contributed by atoms with van der Waals surface area (Å²) in [5, 5.41) is 13.5. The van der Waals surface area contributed by atoms with E-state index in [0.29, 0.717) is 17.8 Å². The van der Waals surface area contributed by atoms with Gasteiger partial charge in [0.15, 0.2) is 0 Å². The Morgan fingerprint density at radius 1 is 1.38 bits per heavy atom. The summed E-state index contributed by atoms with van der Waals surface area (Å²) < 4.78 is 0.891. The van der Waals surface area contributed by atoms with Gasteiger partial charge >= 0.3 is 0 Å². The molecule has 2 atom stereocenters. The highest BCUT2D eigenvalue weighted by Gasteiger charge is 2.20. The lowest BCUT2D eigenvalue weighted by Gasteiger charge is -2.16. The number of carbonyl (C=O) groups is 1. The first-order chi connectivity index (χ1) is 12.6. The van der Waals surface area contributed by atoms with E-state index in [2.05, 4.69) is 38.7 Å². The number of thiophene rings is 1. The number of hydrogen-bond acceptors (Lipinski definition) is 5. The molecular formula is C19H25BrN4OS. The standard InChI is InChI=1S/C19H25BrN4OS/c1-23-16(9-10-21)18-15(20)11-17(26-18)19(25)24-14(12-22)8-7-13-5-3-2-4-6-13/h2-6,10-11,14,16,21,23H,7-9,12,22H2,1H3,(H,24,25). The molecule has 2 unspecified atom stereocenters. The molecule has 0 spiro atoms. The van der Waals surface area contributed by atoms with Crippen LogP contribution in [-0.4, -0.2) is 31.8 Å². The van der Waals surface area contributed by atoms with Crippen LogP contribution in [0.3, 0.4) is 0 Å². The molecule has 1 heterocycles. The first kappa shape index (κ1) is 20.8. The average Bonchev–Trinajstić information content (AvgIpc) is 3.05. The van der Waals surface area contributed by atoms with E-state index in [-0.39, 0.29) is 18.0 Å². The third-order valence-electron chi connectivity index (χ3n) is 4.20. The molecule has 0 bridgehead atoms. The molecule has 0 aliphatic rings. The Kier molecular flexibility index (Phi) is 8.44. The molecule has 2 rings (SSSR count). The molecule has 140 valence electrons. The van der Waals surface area contributed by atoms with Crippen molar-refractivity contribution < 1.29 is 4.79 Å². The predicted octanol–water partition coefficient (Wildman–Crippen LogP) is 3.50. The summed E-state index contributed by atoms with van der Waals surface area (Å²) in [7, 11) is 1.86. The zero-order chi connectivity index (χ0) is 18.9. The van der Waals surface area contributed by atoms with Crippen LogP contribution in [0.5, 0.6) is 0 Å². The summed E-state index contributed by atoms with van der Waals surface area (Å²) in [5.41, 5.74) is 7.09. The van der Waals surface area contributed by atoms with Crippen LogP contribution in [0.15, 0.2) is 40.9 Å². The highest BCUT2D eigenvalue weighted by molar-refractivity contribution is 9.10. The van der Waals surface area contributed by atoms with Crippen LogP contribution in [-0.2, 0) is 6.42 Å². The van der Waals surface area contributed by atoms with Gasteiger partial charge in [-0.05, 0) is 53.7 Å². The second-order valence-corrected chi connectivity index (χ2v) is 7.97. The van der Waals surface area contributed by atoms with E-state index in [1.165, 1.54) is 23.1 Å². The average molecular weight is 437 g/mol. The fourth-order valence-electron chi connectivity index (χ4n) is 2.70. The lowest BCUT2D eigenvalue weighted by molar-refractivity contribution is 0.0940. The molecule has 1 amide bonds. The summed E-state index contributed by atoms with van der Waals surface area (Å²) in [6.07, 6.45) is 3.64. The first-order valence-corrected chi connectivity index (χ1v) is 10.2. The SMILES string of the molecule is CNC(CC=N)c1sc(C(=O)NC(CN)CCc2ccccc2)cc1Br. The molecule has 7 heteroatoms. The van der Waals surface area contributed by atoms with Gasteiger partial charge in [0.1, 0.15) is 0 Å². The number of nitrogens with one attached hydrogen (secondary N) is 3. The van der Waals surface area contributed by atoms with Gasteiger partial charge in [0.05, 0.1) is 4.88 Å². The smallest absolute Gasteiger partial charge is 0.261 e. The van der Waals surface area contributed by atoms with Crippen molar-refractivity contribution in [1.29, 1.82) is 5.41 Å². The number of amides is 1. The Bertz CT molecular complexity index is 720. The van der Waals surface area contributed by atoms with Gasteiger partial charge in [-0.25, -0.2) is 0 Å². The van der Waals surface area contributed by atoms with Crippen molar-refractivity contribution in [3.05, 3.63) is 56.2 Å². The van der Waals surface area contributed by atoms with E-state index in [1.54, 1.807) is 0 Å². The zero-order valence-corrected chi connectivity index (χ0v) is 17.2. The van der Waals surface area contributed by atoms with Crippen molar-refractivity contribution in [3.63, 3.8) is 0 Å².